The third kappa shape index (κ3) is 1.73. The van der Waals surface area contributed by atoms with Crippen molar-refractivity contribution < 1.29 is 9.90 Å². The number of thiophene rings is 1. The lowest BCUT2D eigenvalue weighted by Gasteiger charge is -2.14. The molecule has 1 fully saturated rings. The molecule has 4 heteroatoms. The lowest BCUT2D eigenvalue weighted by atomic mass is 9.91. The van der Waals surface area contributed by atoms with E-state index in [2.05, 4.69) is 21.3 Å². The van der Waals surface area contributed by atoms with Crippen molar-refractivity contribution >= 4 is 33.2 Å². The van der Waals surface area contributed by atoms with Crippen molar-refractivity contribution in [2.45, 2.75) is 25.2 Å². The van der Waals surface area contributed by atoms with Crippen LogP contribution in [0.3, 0.4) is 0 Å². The van der Waals surface area contributed by atoms with E-state index in [-0.39, 0.29) is 11.8 Å². The number of hydrogen-bond donors (Lipinski definition) is 1. The summed E-state index contributed by atoms with van der Waals surface area (Å²) >= 11 is 5.10. The summed E-state index contributed by atoms with van der Waals surface area (Å²) in [6, 6.07) is 0. The van der Waals surface area contributed by atoms with Crippen LogP contribution in [0.1, 0.15) is 30.7 Å². The van der Waals surface area contributed by atoms with Crippen LogP contribution in [-0.4, -0.2) is 11.1 Å². The van der Waals surface area contributed by atoms with Gasteiger partial charge in [-0.3, -0.25) is 4.79 Å². The lowest BCUT2D eigenvalue weighted by molar-refractivity contribution is -0.142. The highest BCUT2D eigenvalue weighted by atomic mass is 79.9. The number of carboxylic acids is 1. The number of rotatable bonds is 2. The van der Waals surface area contributed by atoms with Gasteiger partial charge in [0.15, 0.2) is 0 Å². The van der Waals surface area contributed by atoms with Gasteiger partial charge < -0.3 is 5.11 Å². The summed E-state index contributed by atoms with van der Waals surface area (Å²) in [4.78, 5) is 11.0. The van der Waals surface area contributed by atoms with E-state index in [1.807, 2.05) is 5.38 Å². The topological polar surface area (TPSA) is 37.3 Å². The maximum atomic E-state index is 11.0. The molecule has 2 unspecified atom stereocenters. The largest absolute Gasteiger partial charge is 0.481 e. The number of carbonyl (C=O) groups is 1. The van der Waals surface area contributed by atoms with E-state index in [9.17, 15) is 4.79 Å². The van der Waals surface area contributed by atoms with Crippen molar-refractivity contribution in [1.82, 2.24) is 0 Å². The molecule has 2 rings (SSSR count). The van der Waals surface area contributed by atoms with Crippen LogP contribution in [-0.2, 0) is 4.79 Å². The molecule has 2 atom stereocenters. The molecule has 0 bridgehead atoms. The van der Waals surface area contributed by atoms with Gasteiger partial charge in [0.05, 0.1) is 5.92 Å². The molecule has 0 amide bonds. The molecule has 1 heterocycles. The molecule has 1 aliphatic carbocycles. The van der Waals surface area contributed by atoms with Crippen LogP contribution in [0.15, 0.2) is 15.2 Å². The first-order valence-electron chi connectivity index (χ1n) is 4.64. The molecule has 0 aliphatic heterocycles. The molecular formula is C10H11BrO2S. The highest BCUT2D eigenvalue weighted by molar-refractivity contribution is 9.10. The summed E-state index contributed by atoms with van der Waals surface area (Å²) in [6.07, 6.45) is 2.86. The Bertz CT molecular complexity index is 348. The van der Waals surface area contributed by atoms with Crippen LogP contribution in [0.2, 0.25) is 0 Å². The SMILES string of the molecule is O=C(O)C1CCCC1c1cscc1Br. The number of aliphatic carboxylic acids is 1. The van der Waals surface area contributed by atoms with E-state index < -0.39 is 5.97 Å². The summed E-state index contributed by atoms with van der Waals surface area (Å²) in [7, 11) is 0. The monoisotopic (exact) mass is 274 g/mol. The maximum absolute atomic E-state index is 11.0. The van der Waals surface area contributed by atoms with Crippen molar-refractivity contribution in [2.75, 3.05) is 0 Å². The highest BCUT2D eigenvalue weighted by Crippen LogP contribution is 2.43. The lowest BCUT2D eigenvalue weighted by Crippen LogP contribution is -2.16. The van der Waals surface area contributed by atoms with Gasteiger partial charge in [-0.25, -0.2) is 0 Å². The van der Waals surface area contributed by atoms with Crippen LogP contribution in [0, 0.1) is 5.92 Å². The molecule has 0 spiro atoms. The van der Waals surface area contributed by atoms with Crippen molar-refractivity contribution in [3.05, 3.63) is 20.8 Å². The number of carboxylic acid groups (broad SMARTS) is 1. The Labute approximate surface area is 95.1 Å². The quantitative estimate of drug-likeness (QED) is 0.897. The van der Waals surface area contributed by atoms with Gasteiger partial charge >= 0.3 is 5.97 Å². The summed E-state index contributed by atoms with van der Waals surface area (Å²) < 4.78 is 1.07. The average Bonchev–Trinajstić information content (AvgIpc) is 2.70. The Balaban J connectivity index is 2.26. The second kappa shape index (κ2) is 4.03. The Hall–Kier alpha value is -0.350. The maximum Gasteiger partial charge on any atom is 0.307 e. The van der Waals surface area contributed by atoms with Gasteiger partial charge in [-0.15, -0.1) is 0 Å². The zero-order valence-electron chi connectivity index (χ0n) is 7.57. The molecule has 1 saturated carbocycles. The molecule has 76 valence electrons. The summed E-state index contributed by atoms with van der Waals surface area (Å²) in [5, 5.41) is 13.1. The molecule has 1 aromatic rings. The van der Waals surface area contributed by atoms with Gasteiger partial charge in [0, 0.05) is 9.85 Å². The van der Waals surface area contributed by atoms with Crippen molar-refractivity contribution in [1.29, 1.82) is 0 Å². The van der Waals surface area contributed by atoms with Gasteiger partial charge in [-0.2, -0.15) is 11.3 Å². The molecule has 2 nitrogen and oxygen atoms in total. The Morgan fingerprint density at radius 1 is 1.50 bits per heavy atom. The summed E-state index contributed by atoms with van der Waals surface area (Å²) in [6.45, 7) is 0. The second-order valence-electron chi connectivity index (χ2n) is 3.66. The van der Waals surface area contributed by atoms with E-state index >= 15 is 0 Å². The Kier molecular flexibility index (Phi) is 2.93. The first-order valence-corrected chi connectivity index (χ1v) is 6.38. The fourth-order valence-electron chi connectivity index (χ4n) is 2.18. The van der Waals surface area contributed by atoms with Crippen LogP contribution >= 0.6 is 27.3 Å². The molecule has 1 aromatic heterocycles. The predicted molar refractivity (Wildman–Crippen MR) is 59.7 cm³/mol. The van der Waals surface area contributed by atoms with Gasteiger partial charge in [-0.05, 0) is 45.6 Å². The van der Waals surface area contributed by atoms with Crippen LogP contribution < -0.4 is 0 Å². The fourth-order valence-corrected chi connectivity index (χ4v) is 3.84. The second-order valence-corrected chi connectivity index (χ2v) is 5.26. The fraction of sp³-hybridized carbons (Fsp3) is 0.500. The minimum atomic E-state index is -0.648. The van der Waals surface area contributed by atoms with Gasteiger partial charge in [0.25, 0.3) is 0 Å². The van der Waals surface area contributed by atoms with Gasteiger partial charge in [0.2, 0.25) is 0 Å². The molecule has 0 aromatic carbocycles. The molecule has 0 saturated heterocycles. The summed E-state index contributed by atoms with van der Waals surface area (Å²) in [5.41, 5.74) is 1.18. The average molecular weight is 275 g/mol. The first-order chi connectivity index (χ1) is 6.70. The number of halogens is 1. The smallest absolute Gasteiger partial charge is 0.307 e. The van der Waals surface area contributed by atoms with E-state index in [0.717, 1.165) is 23.7 Å². The minimum absolute atomic E-state index is 0.180. The third-order valence-electron chi connectivity index (χ3n) is 2.87. The normalized spacial score (nSPS) is 26.6. The highest BCUT2D eigenvalue weighted by Gasteiger charge is 2.35. The van der Waals surface area contributed by atoms with Crippen LogP contribution in [0.25, 0.3) is 0 Å². The minimum Gasteiger partial charge on any atom is -0.481 e. The summed E-state index contributed by atoms with van der Waals surface area (Å²) in [5.74, 6) is -0.611. The molecule has 14 heavy (non-hydrogen) atoms. The van der Waals surface area contributed by atoms with Crippen molar-refractivity contribution in [3.63, 3.8) is 0 Å². The zero-order valence-corrected chi connectivity index (χ0v) is 9.97. The number of hydrogen-bond acceptors (Lipinski definition) is 2. The third-order valence-corrected chi connectivity index (χ3v) is 4.63. The Morgan fingerprint density at radius 3 is 2.86 bits per heavy atom. The van der Waals surface area contributed by atoms with E-state index in [1.165, 1.54) is 5.56 Å². The van der Waals surface area contributed by atoms with E-state index in [0.29, 0.717) is 0 Å². The van der Waals surface area contributed by atoms with Gasteiger partial charge in [0.1, 0.15) is 0 Å². The van der Waals surface area contributed by atoms with E-state index in [4.69, 9.17) is 5.11 Å². The zero-order chi connectivity index (χ0) is 10.1. The Morgan fingerprint density at radius 2 is 2.29 bits per heavy atom. The van der Waals surface area contributed by atoms with Crippen LogP contribution in [0.4, 0.5) is 0 Å². The molecule has 1 N–H and O–H groups in total. The van der Waals surface area contributed by atoms with Crippen molar-refractivity contribution in [3.8, 4) is 0 Å². The van der Waals surface area contributed by atoms with Crippen LogP contribution in [0.5, 0.6) is 0 Å². The molecule has 1 aliphatic rings. The molecule has 0 radical (unpaired) electrons. The van der Waals surface area contributed by atoms with E-state index in [1.54, 1.807) is 11.3 Å². The van der Waals surface area contributed by atoms with Crippen molar-refractivity contribution in [2.24, 2.45) is 5.92 Å². The first kappa shape index (κ1) is 10.2. The van der Waals surface area contributed by atoms with Gasteiger partial charge in [-0.1, -0.05) is 6.42 Å². The standard InChI is InChI=1S/C10H11BrO2S/c11-9-5-14-4-8(9)6-2-1-3-7(6)10(12)13/h4-7H,1-3H2,(H,12,13). The molecular weight excluding hydrogens is 264 g/mol. The predicted octanol–water partition coefficient (Wildman–Crippen LogP) is 3.48.